The Morgan fingerprint density at radius 2 is 1.02 bits per heavy atom. The van der Waals surface area contributed by atoms with Gasteiger partial charge in [-0.25, -0.2) is 18.7 Å². The normalized spacial score (nSPS) is 19.1. The Kier molecular flexibility index (Phi) is 10.5. The van der Waals surface area contributed by atoms with Gasteiger partial charge in [0.15, 0.2) is 0 Å². The number of halogens is 2. The number of nitrogens with one attached hydrogen (secondary N) is 2. The average Bonchev–Trinajstić information content (AvgIpc) is 4.22. The molecule has 10 rings (SSSR count). The molecule has 2 unspecified atom stereocenters. The van der Waals surface area contributed by atoms with Crippen LogP contribution in [0.3, 0.4) is 0 Å². The molecule has 2 saturated carbocycles. The van der Waals surface area contributed by atoms with Gasteiger partial charge in [0.25, 0.3) is 11.8 Å². The Bertz CT molecular complexity index is 2360. The molecule has 2 N–H and O–H groups in total. The predicted octanol–water partition coefficient (Wildman–Crippen LogP) is 9.02. The molecule has 4 aliphatic carbocycles. The van der Waals surface area contributed by atoms with Crippen LogP contribution in [0.2, 0.25) is 0 Å². The van der Waals surface area contributed by atoms with Gasteiger partial charge in [0.1, 0.15) is 17.5 Å². The quantitative estimate of drug-likeness (QED) is 0.158. The Labute approximate surface area is 348 Å². The summed E-state index contributed by atoms with van der Waals surface area (Å²) in [5.41, 5.74) is 10.1. The second kappa shape index (κ2) is 16.1. The summed E-state index contributed by atoms with van der Waals surface area (Å²) < 4.78 is 26.3. The first-order chi connectivity index (χ1) is 29.1. The van der Waals surface area contributed by atoms with E-state index >= 15 is 0 Å². The molecule has 6 aromatic rings. The largest absolute Gasteiger partial charge is 0.341 e. The summed E-state index contributed by atoms with van der Waals surface area (Å²) >= 11 is 0. The third kappa shape index (κ3) is 8.17. The van der Waals surface area contributed by atoms with Crippen LogP contribution in [0, 0.1) is 25.5 Å². The van der Waals surface area contributed by atoms with E-state index in [0.717, 1.165) is 104 Å². The molecular formula is C49H47F2N7O2. The van der Waals surface area contributed by atoms with Gasteiger partial charge < -0.3 is 10.6 Å². The highest BCUT2D eigenvalue weighted by Gasteiger charge is 2.48. The van der Waals surface area contributed by atoms with Gasteiger partial charge in [0, 0.05) is 58.6 Å². The van der Waals surface area contributed by atoms with Crippen molar-refractivity contribution >= 4 is 11.8 Å². The molecule has 0 radical (unpaired) electrons. The maximum atomic E-state index is 13.2. The molecule has 2 fully saturated rings. The number of benzene rings is 2. The standard InChI is InChI=1S/C25H24FN3O.C24H23FN4O/c1-16-5-6-18(15-27-16)20-3-2-4-22-21(20)11-12-23(28-22)25(13-14-25)29-24(30)17-7-9-19(26)10-8-17;1-15-26-13-17(14-27-15)19-3-2-4-21-20(19)9-10-22(28-21)24(11-12-24)29-23(30)16-5-7-18(25)8-6-16/h5-12,15,20H,2-4,13-14H2,1H3,(H,29,30);5-10,13-14,19H,2-4,11-12H2,1H3,(H,29,30). The molecule has 11 heteroatoms. The topological polar surface area (TPSA) is 123 Å². The highest BCUT2D eigenvalue weighted by Crippen LogP contribution is 2.47. The van der Waals surface area contributed by atoms with Gasteiger partial charge in [-0.2, -0.15) is 0 Å². The first kappa shape index (κ1) is 39.2. The van der Waals surface area contributed by atoms with Crippen molar-refractivity contribution in [3.63, 3.8) is 0 Å². The maximum Gasteiger partial charge on any atom is 0.252 e. The van der Waals surface area contributed by atoms with E-state index in [1.54, 1.807) is 0 Å². The fourth-order valence-corrected chi connectivity index (χ4v) is 8.73. The Hall–Kier alpha value is -6.23. The van der Waals surface area contributed by atoms with Crippen LogP contribution in [0.1, 0.15) is 140 Å². The summed E-state index contributed by atoms with van der Waals surface area (Å²) in [4.78, 5) is 48.5. The van der Waals surface area contributed by atoms with Crippen LogP contribution in [0.4, 0.5) is 8.78 Å². The van der Waals surface area contributed by atoms with Crippen LogP contribution in [0.15, 0.2) is 104 Å². The Balaban J connectivity index is 0.000000154. The molecule has 2 amide bonds. The number of nitrogens with zero attached hydrogens (tertiary/aromatic N) is 5. The number of hydrogen-bond acceptors (Lipinski definition) is 7. The van der Waals surface area contributed by atoms with E-state index in [2.05, 4.69) is 55.9 Å². The lowest BCUT2D eigenvalue weighted by molar-refractivity contribution is 0.0921. The van der Waals surface area contributed by atoms with E-state index in [4.69, 9.17) is 9.97 Å². The fourth-order valence-electron chi connectivity index (χ4n) is 8.73. The van der Waals surface area contributed by atoms with E-state index in [1.807, 2.05) is 38.5 Å². The van der Waals surface area contributed by atoms with Gasteiger partial charge in [-0.05, 0) is 167 Å². The fraction of sp³-hybridized carbons (Fsp3) is 0.327. The zero-order valence-electron chi connectivity index (χ0n) is 33.8. The number of aryl methyl sites for hydroxylation is 4. The third-order valence-corrected chi connectivity index (χ3v) is 12.5. The third-order valence-electron chi connectivity index (χ3n) is 12.5. The highest BCUT2D eigenvalue weighted by atomic mass is 19.1. The van der Waals surface area contributed by atoms with Gasteiger partial charge in [-0.1, -0.05) is 18.2 Å². The van der Waals surface area contributed by atoms with Crippen LogP contribution >= 0.6 is 0 Å². The molecule has 4 heterocycles. The van der Waals surface area contributed by atoms with E-state index in [1.165, 1.54) is 65.2 Å². The van der Waals surface area contributed by atoms with Gasteiger partial charge in [-0.15, -0.1) is 0 Å². The van der Waals surface area contributed by atoms with Crippen molar-refractivity contribution in [2.75, 3.05) is 0 Å². The van der Waals surface area contributed by atoms with E-state index in [0.29, 0.717) is 17.0 Å². The van der Waals surface area contributed by atoms with E-state index in [-0.39, 0.29) is 29.4 Å². The van der Waals surface area contributed by atoms with Gasteiger partial charge in [0.2, 0.25) is 0 Å². The van der Waals surface area contributed by atoms with Crippen molar-refractivity contribution in [1.82, 2.24) is 35.6 Å². The monoisotopic (exact) mass is 803 g/mol. The first-order valence-electron chi connectivity index (χ1n) is 21.0. The zero-order chi connectivity index (χ0) is 41.4. The van der Waals surface area contributed by atoms with Crippen molar-refractivity contribution in [3.8, 4) is 0 Å². The zero-order valence-corrected chi connectivity index (χ0v) is 33.8. The summed E-state index contributed by atoms with van der Waals surface area (Å²) in [6.07, 6.45) is 15.5. The summed E-state index contributed by atoms with van der Waals surface area (Å²) in [5.74, 6) is 0.292. The van der Waals surface area contributed by atoms with Crippen LogP contribution in [0.25, 0.3) is 0 Å². The number of amides is 2. The van der Waals surface area contributed by atoms with E-state index < -0.39 is 11.1 Å². The number of fused-ring (bicyclic) bond motifs is 2. The van der Waals surface area contributed by atoms with Crippen molar-refractivity contribution < 1.29 is 18.4 Å². The Morgan fingerprint density at radius 3 is 1.45 bits per heavy atom. The lowest BCUT2D eigenvalue weighted by Gasteiger charge is -2.27. The number of carbonyl (C=O) groups is 2. The van der Waals surface area contributed by atoms with Crippen molar-refractivity contribution in [2.45, 2.75) is 101 Å². The minimum Gasteiger partial charge on any atom is -0.341 e. The molecule has 9 nitrogen and oxygen atoms in total. The molecule has 4 aromatic heterocycles. The van der Waals surface area contributed by atoms with E-state index in [9.17, 15) is 18.4 Å². The van der Waals surface area contributed by atoms with Gasteiger partial charge in [-0.3, -0.25) is 24.5 Å². The van der Waals surface area contributed by atoms with Crippen molar-refractivity contribution in [2.24, 2.45) is 0 Å². The van der Waals surface area contributed by atoms with Crippen molar-refractivity contribution in [1.29, 1.82) is 0 Å². The molecule has 4 aliphatic rings. The number of carbonyl (C=O) groups excluding carboxylic acids is 2. The number of aromatic nitrogens is 5. The minimum absolute atomic E-state index is 0.185. The molecule has 0 saturated heterocycles. The molecule has 2 aromatic carbocycles. The molecular weight excluding hydrogens is 757 g/mol. The molecule has 0 bridgehead atoms. The number of hydrogen-bond donors (Lipinski definition) is 2. The van der Waals surface area contributed by atoms with Gasteiger partial charge >= 0.3 is 0 Å². The number of rotatable bonds is 8. The number of pyridine rings is 3. The van der Waals surface area contributed by atoms with Crippen LogP contribution in [-0.2, 0) is 23.9 Å². The summed E-state index contributed by atoms with van der Waals surface area (Å²) in [7, 11) is 0. The summed E-state index contributed by atoms with van der Waals surface area (Å²) in [6, 6.07) is 24.0. The highest BCUT2D eigenvalue weighted by molar-refractivity contribution is 5.95. The Morgan fingerprint density at radius 1 is 0.567 bits per heavy atom. The first-order valence-corrected chi connectivity index (χ1v) is 21.0. The SMILES string of the molecule is Cc1ccc(C2CCCc3nc(C4(NC(=O)c5ccc(F)cc5)CC4)ccc32)cn1.Cc1ncc(C2CCCc3nc(C4(NC(=O)c5ccc(F)cc5)CC4)ccc32)cn1. The van der Waals surface area contributed by atoms with Crippen LogP contribution in [-0.4, -0.2) is 36.7 Å². The maximum absolute atomic E-state index is 13.2. The molecule has 2 atom stereocenters. The second-order valence-electron chi connectivity index (χ2n) is 16.7. The molecule has 0 aliphatic heterocycles. The second-order valence-corrected chi connectivity index (χ2v) is 16.7. The van der Waals surface area contributed by atoms with Crippen LogP contribution < -0.4 is 10.6 Å². The lowest BCUT2D eigenvalue weighted by atomic mass is 9.81. The lowest BCUT2D eigenvalue weighted by Crippen LogP contribution is -2.36. The molecule has 0 spiro atoms. The van der Waals surface area contributed by atoms with Crippen molar-refractivity contribution in [3.05, 3.63) is 183 Å². The molecule has 304 valence electrons. The molecule has 60 heavy (non-hydrogen) atoms. The smallest absolute Gasteiger partial charge is 0.252 e. The minimum atomic E-state index is -0.416. The average molecular weight is 804 g/mol. The van der Waals surface area contributed by atoms with Crippen LogP contribution in [0.5, 0.6) is 0 Å². The summed E-state index contributed by atoms with van der Waals surface area (Å²) in [5, 5.41) is 6.27. The predicted molar refractivity (Wildman–Crippen MR) is 223 cm³/mol. The summed E-state index contributed by atoms with van der Waals surface area (Å²) in [6.45, 7) is 3.89. The van der Waals surface area contributed by atoms with Gasteiger partial charge in [0.05, 0.1) is 22.5 Å².